The molecular formula is C11H16NO. The van der Waals surface area contributed by atoms with Gasteiger partial charge in [-0.2, -0.15) is 0 Å². The lowest BCUT2D eigenvalue weighted by atomic mass is 10.2. The van der Waals surface area contributed by atoms with Gasteiger partial charge >= 0.3 is 0 Å². The highest BCUT2D eigenvalue weighted by molar-refractivity contribution is 5.48. The second kappa shape index (κ2) is 4.87. The van der Waals surface area contributed by atoms with Gasteiger partial charge < -0.3 is 4.90 Å². The van der Waals surface area contributed by atoms with Crippen molar-refractivity contribution in [2.75, 3.05) is 18.0 Å². The molecule has 0 aromatic heterocycles. The van der Waals surface area contributed by atoms with Crippen LogP contribution in [0.5, 0.6) is 0 Å². The molecule has 0 fully saturated rings. The summed E-state index contributed by atoms with van der Waals surface area (Å²) >= 11 is 0. The lowest BCUT2D eigenvalue weighted by Crippen LogP contribution is -2.21. The van der Waals surface area contributed by atoms with Crippen LogP contribution >= 0.6 is 0 Å². The first kappa shape index (κ1) is 10.1. The van der Waals surface area contributed by atoms with E-state index >= 15 is 0 Å². The van der Waals surface area contributed by atoms with Gasteiger partial charge in [-0.25, -0.2) is 5.11 Å². The number of anilines is 1. The molecule has 0 saturated carbocycles. The minimum atomic E-state index is -0.130. The Hall–Kier alpha value is -1.02. The van der Waals surface area contributed by atoms with Gasteiger partial charge in [0.25, 0.3) is 0 Å². The Balaban J connectivity index is 2.86. The molecule has 2 heteroatoms. The first-order chi connectivity index (χ1) is 6.31. The number of hydrogen-bond donors (Lipinski definition) is 0. The molecule has 1 rings (SSSR count). The van der Waals surface area contributed by atoms with Gasteiger partial charge in [0.1, 0.15) is 6.61 Å². The second-order valence-corrected chi connectivity index (χ2v) is 2.99. The Labute approximate surface area is 79.8 Å². The minimum absolute atomic E-state index is 0.130. The summed E-state index contributed by atoms with van der Waals surface area (Å²) in [6.07, 6.45) is 0. The Morgan fingerprint density at radius 3 is 2.46 bits per heavy atom. The Bertz CT molecular complexity index is 256. The largest absolute Gasteiger partial charge is 0.372 e. The molecule has 0 atom stereocenters. The first-order valence-corrected chi connectivity index (χ1v) is 4.73. The Morgan fingerprint density at radius 2 is 1.92 bits per heavy atom. The van der Waals surface area contributed by atoms with Crippen molar-refractivity contribution < 1.29 is 5.11 Å². The summed E-state index contributed by atoms with van der Waals surface area (Å²) in [4.78, 5) is 2.24. The van der Waals surface area contributed by atoms with Crippen molar-refractivity contribution in [2.24, 2.45) is 0 Å². The average Bonchev–Trinajstić information content (AvgIpc) is 2.20. The fourth-order valence-electron chi connectivity index (χ4n) is 1.43. The molecule has 0 aliphatic rings. The fourth-order valence-corrected chi connectivity index (χ4v) is 1.43. The van der Waals surface area contributed by atoms with Gasteiger partial charge in [0, 0.05) is 18.8 Å². The molecule has 0 spiro atoms. The third-order valence-corrected chi connectivity index (χ3v) is 2.21. The summed E-state index contributed by atoms with van der Waals surface area (Å²) in [5.41, 5.74) is 2.02. The highest BCUT2D eigenvalue weighted by Gasteiger charge is 2.01. The molecule has 71 valence electrons. The van der Waals surface area contributed by atoms with E-state index in [9.17, 15) is 5.11 Å². The summed E-state index contributed by atoms with van der Waals surface area (Å²) < 4.78 is 0. The quantitative estimate of drug-likeness (QED) is 0.694. The summed E-state index contributed by atoms with van der Waals surface area (Å²) in [6.45, 7) is 6.08. The van der Waals surface area contributed by atoms with E-state index in [1.54, 1.807) is 0 Å². The smallest absolute Gasteiger partial charge is 0.107 e. The van der Waals surface area contributed by atoms with Crippen molar-refractivity contribution in [2.45, 2.75) is 20.5 Å². The van der Waals surface area contributed by atoms with Gasteiger partial charge in [-0.3, -0.25) is 0 Å². The molecule has 13 heavy (non-hydrogen) atoms. The average molecular weight is 178 g/mol. The number of benzene rings is 1. The second-order valence-electron chi connectivity index (χ2n) is 2.99. The molecular weight excluding hydrogens is 162 g/mol. The van der Waals surface area contributed by atoms with E-state index in [0.29, 0.717) is 0 Å². The molecule has 0 bridgehead atoms. The molecule has 1 aromatic rings. The maximum Gasteiger partial charge on any atom is 0.107 e. The van der Waals surface area contributed by atoms with E-state index in [1.165, 1.54) is 0 Å². The van der Waals surface area contributed by atoms with Gasteiger partial charge in [-0.15, -0.1) is 0 Å². The maximum absolute atomic E-state index is 10.7. The van der Waals surface area contributed by atoms with Crippen LogP contribution in [0.15, 0.2) is 24.3 Å². The van der Waals surface area contributed by atoms with Crippen LogP contribution in [0.2, 0.25) is 0 Å². The van der Waals surface area contributed by atoms with Gasteiger partial charge in [-0.1, -0.05) is 12.1 Å². The van der Waals surface area contributed by atoms with Crippen LogP contribution in [0.4, 0.5) is 5.69 Å². The van der Waals surface area contributed by atoms with Gasteiger partial charge in [-0.05, 0) is 31.5 Å². The van der Waals surface area contributed by atoms with Crippen molar-refractivity contribution >= 4 is 5.69 Å². The third kappa shape index (κ3) is 2.46. The van der Waals surface area contributed by atoms with E-state index in [0.717, 1.165) is 24.3 Å². The lowest BCUT2D eigenvalue weighted by molar-refractivity contribution is 0.177. The van der Waals surface area contributed by atoms with Crippen molar-refractivity contribution in [3.05, 3.63) is 29.8 Å². The summed E-state index contributed by atoms with van der Waals surface area (Å²) in [6, 6.07) is 7.84. The zero-order chi connectivity index (χ0) is 9.68. The van der Waals surface area contributed by atoms with E-state index < -0.39 is 0 Å². The zero-order valence-corrected chi connectivity index (χ0v) is 8.29. The molecule has 0 unspecified atom stereocenters. The normalized spacial score (nSPS) is 10.1. The Morgan fingerprint density at radius 1 is 1.23 bits per heavy atom. The predicted molar refractivity (Wildman–Crippen MR) is 54.4 cm³/mol. The van der Waals surface area contributed by atoms with Crippen LogP contribution in [0.3, 0.4) is 0 Å². The first-order valence-electron chi connectivity index (χ1n) is 4.73. The van der Waals surface area contributed by atoms with E-state index in [4.69, 9.17) is 0 Å². The van der Waals surface area contributed by atoms with Crippen LogP contribution in [0.1, 0.15) is 19.4 Å². The predicted octanol–water partition coefficient (Wildman–Crippen LogP) is 2.46. The summed E-state index contributed by atoms with van der Waals surface area (Å²) in [7, 11) is 0. The van der Waals surface area contributed by atoms with Gasteiger partial charge in [0.05, 0.1) is 0 Å². The van der Waals surface area contributed by atoms with E-state index in [2.05, 4.69) is 18.7 Å². The standard InChI is InChI=1S/C11H16NO/c1-3-12(4-2)11-7-5-6-10(8-11)9-13/h5-8H,3-4,9H2,1-2H3. The minimum Gasteiger partial charge on any atom is -0.372 e. The Kier molecular flexibility index (Phi) is 3.77. The molecule has 0 N–H and O–H groups in total. The maximum atomic E-state index is 10.7. The van der Waals surface area contributed by atoms with Crippen LogP contribution < -0.4 is 4.90 Å². The zero-order valence-electron chi connectivity index (χ0n) is 8.29. The van der Waals surface area contributed by atoms with Gasteiger partial charge in [0.15, 0.2) is 0 Å². The van der Waals surface area contributed by atoms with Gasteiger partial charge in [0.2, 0.25) is 0 Å². The number of rotatable bonds is 4. The SMILES string of the molecule is CCN(CC)c1cccc(C[O])c1. The van der Waals surface area contributed by atoms with Crippen LogP contribution in [-0.4, -0.2) is 13.1 Å². The highest BCUT2D eigenvalue weighted by Crippen LogP contribution is 2.15. The van der Waals surface area contributed by atoms with Crippen LogP contribution in [0.25, 0.3) is 0 Å². The van der Waals surface area contributed by atoms with Crippen LogP contribution in [0, 0.1) is 0 Å². The topological polar surface area (TPSA) is 23.1 Å². The molecule has 2 nitrogen and oxygen atoms in total. The van der Waals surface area contributed by atoms with Crippen molar-refractivity contribution in [3.8, 4) is 0 Å². The lowest BCUT2D eigenvalue weighted by Gasteiger charge is -2.21. The van der Waals surface area contributed by atoms with Crippen molar-refractivity contribution in [1.82, 2.24) is 0 Å². The molecule has 0 aliphatic heterocycles. The monoisotopic (exact) mass is 178 g/mol. The number of hydrogen-bond acceptors (Lipinski definition) is 1. The van der Waals surface area contributed by atoms with E-state index in [1.807, 2.05) is 24.3 Å². The molecule has 1 radical (unpaired) electrons. The molecule has 0 heterocycles. The molecule has 1 aromatic carbocycles. The molecule has 0 saturated heterocycles. The summed E-state index contributed by atoms with van der Waals surface area (Å²) in [5, 5.41) is 10.7. The highest BCUT2D eigenvalue weighted by atomic mass is 16.3. The summed E-state index contributed by atoms with van der Waals surface area (Å²) in [5.74, 6) is 0. The molecule has 0 aliphatic carbocycles. The third-order valence-electron chi connectivity index (χ3n) is 2.21. The van der Waals surface area contributed by atoms with E-state index in [-0.39, 0.29) is 6.61 Å². The van der Waals surface area contributed by atoms with Crippen molar-refractivity contribution in [1.29, 1.82) is 0 Å². The fraction of sp³-hybridized carbons (Fsp3) is 0.455. The molecule has 0 amide bonds. The van der Waals surface area contributed by atoms with Crippen LogP contribution in [-0.2, 0) is 11.7 Å². The number of nitrogens with zero attached hydrogens (tertiary/aromatic N) is 1. The van der Waals surface area contributed by atoms with Crippen molar-refractivity contribution in [3.63, 3.8) is 0 Å².